The van der Waals surface area contributed by atoms with Crippen LogP contribution in [0, 0.1) is 0 Å². The summed E-state index contributed by atoms with van der Waals surface area (Å²) in [4.78, 5) is 16.8. The van der Waals surface area contributed by atoms with Crippen LogP contribution in [0.2, 0.25) is 0 Å². The Kier molecular flexibility index (Phi) is 4.20. The first-order chi connectivity index (χ1) is 9.41. The van der Waals surface area contributed by atoms with E-state index in [1.54, 1.807) is 0 Å². The van der Waals surface area contributed by atoms with Crippen molar-refractivity contribution in [2.45, 2.75) is 32.2 Å². The minimum Gasteiger partial charge on any atom is -0.323 e. The number of thiazole rings is 1. The molecule has 1 heterocycles. The summed E-state index contributed by atoms with van der Waals surface area (Å²) in [5.74, 6) is -0.0747. The zero-order valence-electron chi connectivity index (χ0n) is 11.9. The predicted molar refractivity (Wildman–Crippen MR) is 82.8 cm³/mol. The summed E-state index contributed by atoms with van der Waals surface area (Å²) in [5, 5.41) is 5.33. The van der Waals surface area contributed by atoms with Crippen LogP contribution in [0.15, 0.2) is 35.7 Å². The van der Waals surface area contributed by atoms with E-state index in [1.807, 2.05) is 56.5 Å². The molecule has 1 amide bonds. The van der Waals surface area contributed by atoms with E-state index in [1.165, 1.54) is 11.3 Å². The maximum Gasteiger partial charge on any atom is 0.236 e. The maximum atomic E-state index is 12.4. The Labute approximate surface area is 123 Å². The Morgan fingerprint density at radius 2 is 2.00 bits per heavy atom. The van der Waals surface area contributed by atoms with Crippen molar-refractivity contribution in [2.24, 2.45) is 5.73 Å². The van der Waals surface area contributed by atoms with Crippen molar-refractivity contribution in [3.63, 3.8) is 0 Å². The second-order valence-corrected chi connectivity index (χ2v) is 6.17. The van der Waals surface area contributed by atoms with Gasteiger partial charge >= 0.3 is 0 Å². The number of anilines is 1. The summed E-state index contributed by atoms with van der Waals surface area (Å²) in [6.07, 6.45) is 0. The number of aromatic nitrogens is 1. The summed E-state index contributed by atoms with van der Waals surface area (Å²) in [5.41, 5.74) is 6.92. The molecule has 0 radical (unpaired) electrons. The van der Waals surface area contributed by atoms with Crippen LogP contribution in [0.3, 0.4) is 0 Å². The average Bonchev–Trinajstić information content (AvgIpc) is 2.88. The van der Waals surface area contributed by atoms with Crippen LogP contribution in [0.4, 0.5) is 5.13 Å². The van der Waals surface area contributed by atoms with E-state index in [9.17, 15) is 4.79 Å². The number of amides is 1. The first-order valence-electron chi connectivity index (χ1n) is 6.49. The molecule has 2 aromatic rings. The van der Waals surface area contributed by atoms with E-state index in [-0.39, 0.29) is 11.9 Å². The molecule has 0 spiro atoms. The molecule has 0 aliphatic carbocycles. The third-order valence-corrected chi connectivity index (χ3v) is 4.05. The molecule has 0 aliphatic heterocycles. The topological polar surface area (TPSA) is 68.0 Å². The van der Waals surface area contributed by atoms with Gasteiger partial charge in [0.2, 0.25) is 5.91 Å². The number of benzene rings is 1. The van der Waals surface area contributed by atoms with E-state index < -0.39 is 5.41 Å². The van der Waals surface area contributed by atoms with E-state index in [4.69, 9.17) is 5.73 Å². The minimum atomic E-state index is -0.610. The van der Waals surface area contributed by atoms with Gasteiger partial charge in [0.05, 0.1) is 11.1 Å². The lowest BCUT2D eigenvalue weighted by Crippen LogP contribution is -2.34. The number of nitrogens with two attached hydrogens (primary N) is 1. The van der Waals surface area contributed by atoms with Crippen molar-refractivity contribution in [3.8, 4) is 0 Å². The monoisotopic (exact) mass is 289 g/mol. The second kappa shape index (κ2) is 5.73. The van der Waals surface area contributed by atoms with Gasteiger partial charge in [0.15, 0.2) is 5.13 Å². The number of hydrogen-bond acceptors (Lipinski definition) is 4. The number of nitrogens with one attached hydrogen (secondary N) is 1. The maximum absolute atomic E-state index is 12.4. The van der Waals surface area contributed by atoms with Crippen molar-refractivity contribution >= 4 is 22.4 Å². The van der Waals surface area contributed by atoms with Gasteiger partial charge in [-0.1, -0.05) is 30.3 Å². The quantitative estimate of drug-likeness (QED) is 0.909. The summed E-state index contributed by atoms with van der Waals surface area (Å²) in [6, 6.07) is 9.58. The van der Waals surface area contributed by atoms with Crippen LogP contribution in [-0.2, 0) is 10.2 Å². The Bertz CT molecular complexity index is 590. The highest BCUT2D eigenvalue weighted by atomic mass is 32.1. The van der Waals surface area contributed by atoms with Gasteiger partial charge in [0.25, 0.3) is 0 Å². The molecule has 1 aromatic heterocycles. The Balaban J connectivity index is 2.14. The third kappa shape index (κ3) is 3.05. The van der Waals surface area contributed by atoms with Gasteiger partial charge in [-0.3, -0.25) is 4.79 Å². The molecule has 0 bridgehead atoms. The molecule has 20 heavy (non-hydrogen) atoms. The van der Waals surface area contributed by atoms with Gasteiger partial charge in [0, 0.05) is 11.4 Å². The molecule has 5 heteroatoms. The van der Waals surface area contributed by atoms with Gasteiger partial charge in [-0.15, -0.1) is 11.3 Å². The molecular formula is C15H19N3OS. The van der Waals surface area contributed by atoms with Crippen LogP contribution >= 0.6 is 11.3 Å². The highest BCUT2D eigenvalue weighted by Crippen LogP contribution is 2.26. The Hall–Kier alpha value is -1.72. The number of rotatable bonds is 4. The normalized spacial score (nSPS) is 13.0. The lowest BCUT2D eigenvalue weighted by atomic mass is 9.84. The summed E-state index contributed by atoms with van der Waals surface area (Å²) >= 11 is 1.39. The molecule has 106 valence electrons. The van der Waals surface area contributed by atoms with E-state index in [0.29, 0.717) is 5.13 Å². The van der Waals surface area contributed by atoms with Crippen molar-refractivity contribution < 1.29 is 4.79 Å². The van der Waals surface area contributed by atoms with Crippen molar-refractivity contribution in [1.82, 2.24) is 4.98 Å². The smallest absolute Gasteiger partial charge is 0.236 e. The van der Waals surface area contributed by atoms with Gasteiger partial charge in [-0.05, 0) is 26.3 Å². The SMILES string of the molecule is CC(N)c1csc(NC(=O)C(C)(C)c2ccccc2)n1. The van der Waals surface area contributed by atoms with Gasteiger partial charge < -0.3 is 11.1 Å². The molecule has 0 fully saturated rings. The second-order valence-electron chi connectivity index (χ2n) is 5.31. The summed E-state index contributed by atoms with van der Waals surface area (Å²) in [6.45, 7) is 5.67. The van der Waals surface area contributed by atoms with E-state index in [0.717, 1.165) is 11.3 Å². The molecule has 1 atom stereocenters. The molecule has 1 aromatic carbocycles. The fraction of sp³-hybridized carbons (Fsp3) is 0.333. The van der Waals surface area contributed by atoms with E-state index in [2.05, 4.69) is 10.3 Å². The van der Waals surface area contributed by atoms with Crippen LogP contribution in [0.5, 0.6) is 0 Å². The predicted octanol–water partition coefficient (Wildman–Crippen LogP) is 3.08. The van der Waals surface area contributed by atoms with Gasteiger partial charge in [-0.25, -0.2) is 4.98 Å². The zero-order chi connectivity index (χ0) is 14.8. The van der Waals surface area contributed by atoms with Crippen LogP contribution in [0.25, 0.3) is 0 Å². The van der Waals surface area contributed by atoms with Crippen molar-refractivity contribution in [3.05, 3.63) is 47.0 Å². The molecule has 4 nitrogen and oxygen atoms in total. The van der Waals surface area contributed by atoms with Crippen molar-refractivity contribution in [2.75, 3.05) is 5.32 Å². The standard InChI is InChI=1S/C15H19N3OS/c1-10(16)12-9-20-14(17-12)18-13(19)15(2,3)11-7-5-4-6-8-11/h4-10H,16H2,1-3H3,(H,17,18,19). The first-order valence-corrected chi connectivity index (χ1v) is 7.37. The fourth-order valence-electron chi connectivity index (χ4n) is 1.79. The van der Waals surface area contributed by atoms with E-state index >= 15 is 0 Å². The number of carbonyl (C=O) groups excluding carboxylic acids is 1. The summed E-state index contributed by atoms with van der Waals surface area (Å²) < 4.78 is 0. The highest BCUT2D eigenvalue weighted by Gasteiger charge is 2.30. The molecule has 0 saturated heterocycles. The lowest BCUT2D eigenvalue weighted by Gasteiger charge is -2.23. The highest BCUT2D eigenvalue weighted by molar-refractivity contribution is 7.13. The Morgan fingerprint density at radius 1 is 1.35 bits per heavy atom. The minimum absolute atomic E-state index is 0.0747. The number of nitrogens with zero attached hydrogens (tertiary/aromatic N) is 1. The largest absolute Gasteiger partial charge is 0.323 e. The average molecular weight is 289 g/mol. The molecule has 0 saturated carbocycles. The molecular weight excluding hydrogens is 270 g/mol. The van der Waals surface area contributed by atoms with Crippen LogP contribution < -0.4 is 11.1 Å². The molecule has 3 N–H and O–H groups in total. The molecule has 1 unspecified atom stereocenters. The lowest BCUT2D eigenvalue weighted by molar-refractivity contribution is -0.120. The van der Waals surface area contributed by atoms with Gasteiger partial charge in [0.1, 0.15) is 0 Å². The van der Waals surface area contributed by atoms with Crippen LogP contribution in [0.1, 0.15) is 38.1 Å². The molecule has 0 aliphatic rings. The Morgan fingerprint density at radius 3 is 2.55 bits per heavy atom. The zero-order valence-corrected chi connectivity index (χ0v) is 12.7. The number of hydrogen-bond donors (Lipinski definition) is 2. The van der Waals surface area contributed by atoms with Crippen molar-refractivity contribution in [1.29, 1.82) is 0 Å². The third-order valence-electron chi connectivity index (χ3n) is 3.27. The number of carbonyl (C=O) groups is 1. The van der Waals surface area contributed by atoms with Gasteiger partial charge in [-0.2, -0.15) is 0 Å². The summed E-state index contributed by atoms with van der Waals surface area (Å²) in [7, 11) is 0. The molecule has 2 rings (SSSR count). The first kappa shape index (κ1) is 14.7. The van der Waals surface area contributed by atoms with Crippen LogP contribution in [-0.4, -0.2) is 10.9 Å². The fourth-order valence-corrected chi connectivity index (χ4v) is 2.60.